The fourth-order valence-electron chi connectivity index (χ4n) is 3.25. The summed E-state index contributed by atoms with van der Waals surface area (Å²) in [5, 5.41) is 3.40. The first-order valence-corrected chi connectivity index (χ1v) is 12.4. The molecule has 32 heavy (non-hydrogen) atoms. The number of aliphatic imine (C=N–C) groups is 1. The summed E-state index contributed by atoms with van der Waals surface area (Å²) in [6.45, 7) is 2.05. The number of nitrogens with zero attached hydrogens (tertiary/aromatic N) is 3. The Hall–Kier alpha value is -2.13. The molecule has 0 fully saturated rings. The normalized spacial score (nSPS) is 13.7. The van der Waals surface area contributed by atoms with Gasteiger partial charge in [-0.2, -0.15) is 4.31 Å². The molecule has 0 aromatic heterocycles. The number of likely N-dealkylation sites (N-methyl/N-ethyl adjacent to an activating group) is 2. The van der Waals surface area contributed by atoms with E-state index in [0.29, 0.717) is 12.8 Å². The maximum atomic E-state index is 12.8. The molecule has 0 saturated heterocycles. The number of amides is 1. The van der Waals surface area contributed by atoms with E-state index in [0.717, 1.165) is 30.1 Å². The Kier molecular flexibility index (Phi) is 8.16. The van der Waals surface area contributed by atoms with E-state index < -0.39 is 10.0 Å². The van der Waals surface area contributed by atoms with Crippen LogP contribution < -0.4 is 5.32 Å². The first-order chi connectivity index (χ1) is 15.2. The maximum absolute atomic E-state index is 12.8. The van der Waals surface area contributed by atoms with Crippen LogP contribution in [0.4, 0.5) is 0 Å². The fraction of sp³-hybridized carbons (Fsp3) is 0.364. The molecule has 1 aliphatic rings. The van der Waals surface area contributed by atoms with E-state index in [4.69, 9.17) is 23.2 Å². The van der Waals surface area contributed by atoms with Crippen LogP contribution in [0.1, 0.15) is 17.5 Å². The first kappa shape index (κ1) is 24.5. The van der Waals surface area contributed by atoms with Crippen molar-refractivity contribution in [2.45, 2.75) is 17.7 Å². The molecule has 0 bridgehead atoms. The third-order valence-electron chi connectivity index (χ3n) is 5.31. The monoisotopic (exact) mass is 496 g/mol. The number of amidine groups is 1. The van der Waals surface area contributed by atoms with Crippen molar-refractivity contribution < 1.29 is 13.2 Å². The van der Waals surface area contributed by atoms with E-state index in [9.17, 15) is 13.2 Å². The number of halogens is 2. The van der Waals surface area contributed by atoms with Crippen LogP contribution in [0, 0.1) is 0 Å². The number of carbonyl (C=O) groups excluding carboxylic acids is 1. The topological polar surface area (TPSA) is 82.1 Å². The van der Waals surface area contributed by atoms with Gasteiger partial charge in [0.25, 0.3) is 0 Å². The second kappa shape index (κ2) is 10.7. The average Bonchev–Trinajstić information content (AvgIpc) is 3.32. The zero-order valence-corrected chi connectivity index (χ0v) is 20.3. The summed E-state index contributed by atoms with van der Waals surface area (Å²) in [4.78, 5) is 18.4. The van der Waals surface area contributed by atoms with Crippen molar-refractivity contribution in [3.05, 3.63) is 63.6 Å². The van der Waals surface area contributed by atoms with Crippen LogP contribution in [0.3, 0.4) is 0 Å². The maximum Gasteiger partial charge on any atom is 0.244 e. The van der Waals surface area contributed by atoms with E-state index in [2.05, 4.69) is 10.3 Å². The van der Waals surface area contributed by atoms with Crippen LogP contribution >= 0.6 is 23.2 Å². The van der Waals surface area contributed by atoms with E-state index in [1.54, 1.807) is 7.05 Å². The van der Waals surface area contributed by atoms with Crippen molar-refractivity contribution in [2.24, 2.45) is 4.99 Å². The minimum Gasteiger partial charge on any atom is -0.368 e. The van der Waals surface area contributed by atoms with Crippen LogP contribution in [0.25, 0.3) is 0 Å². The third kappa shape index (κ3) is 5.81. The van der Waals surface area contributed by atoms with Gasteiger partial charge in [-0.05, 0) is 24.1 Å². The van der Waals surface area contributed by atoms with Gasteiger partial charge >= 0.3 is 0 Å². The molecule has 2 aromatic rings. The number of hydrogen-bond donors (Lipinski definition) is 1. The summed E-state index contributed by atoms with van der Waals surface area (Å²) in [7, 11) is -0.693. The summed E-state index contributed by atoms with van der Waals surface area (Å²) in [6, 6.07) is 12.5. The van der Waals surface area contributed by atoms with Crippen molar-refractivity contribution >= 4 is 45.0 Å². The van der Waals surface area contributed by atoms with Gasteiger partial charge in [-0.1, -0.05) is 53.5 Å². The van der Waals surface area contributed by atoms with Gasteiger partial charge in [-0.15, -0.1) is 0 Å². The van der Waals surface area contributed by atoms with Crippen molar-refractivity contribution in [3.63, 3.8) is 0 Å². The zero-order chi connectivity index (χ0) is 23.3. The van der Waals surface area contributed by atoms with E-state index >= 15 is 0 Å². The van der Waals surface area contributed by atoms with Crippen molar-refractivity contribution in [1.82, 2.24) is 14.5 Å². The van der Waals surface area contributed by atoms with Crippen LogP contribution in [0.15, 0.2) is 52.4 Å². The highest BCUT2D eigenvalue weighted by Crippen LogP contribution is 2.30. The SMILES string of the molecule is CN(CCN(C)S(=O)(=O)c1cccc(Cl)c1Cl)C(=O)CCc1ccc(C2=NCCN2)cc1. The summed E-state index contributed by atoms with van der Waals surface area (Å²) in [5.74, 6) is 0.855. The Morgan fingerprint density at radius 1 is 1.09 bits per heavy atom. The number of benzene rings is 2. The second-order valence-electron chi connectivity index (χ2n) is 7.55. The summed E-state index contributed by atoms with van der Waals surface area (Å²) in [5.41, 5.74) is 2.10. The van der Waals surface area contributed by atoms with Crippen LogP contribution in [0.2, 0.25) is 10.0 Å². The largest absolute Gasteiger partial charge is 0.368 e. The smallest absolute Gasteiger partial charge is 0.244 e. The molecule has 0 radical (unpaired) electrons. The lowest BCUT2D eigenvalue weighted by Crippen LogP contribution is -2.37. The van der Waals surface area contributed by atoms with Gasteiger partial charge < -0.3 is 10.2 Å². The number of aryl methyl sites for hydroxylation is 1. The lowest BCUT2D eigenvalue weighted by molar-refractivity contribution is -0.129. The molecule has 1 N–H and O–H groups in total. The molecule has 1 aliphatic heterocycles. The van der Waals surface area contributed by atoms with E-state index in [1.807, 2.05) is 24.3 Å². The van der Waals surface area contributed by atoms with E-state index in [-0.39, 0.29) is 33.9 Å². The second-order valence-corrected chi connectivity index (χ2v) is 10.3. The predicted octanol–water partition coefficient (Wildman–Crippen LogP) is 3.05. The van der Waals surface area contributed by atoms with Crippen LogP contribution in [0.5, 0.6) is 0 Å². The minimum absolute atomic E-state index is 0.00718. The van der Waals surface area contributed by atoms with Crippen molar-refractivity contribution in [2.75, 3.05) is 40.3 Å². The van der Waals surface area contributed by atoms with Crippen LogP contribution in [-0.2, 0) is 21.2 Å². The van der Waals surface area contributed by atoms with Crippen molar-refractivity contribution in [3.8, 4) is 0 Å². The van der Waals surface area contributed by atoms with Gasteiger partial charge in [0.1, 0.15) is 10.7 Å². The van der Waals surface area contributed by atoms with Gasteiger partial charge in [0.15, 0.2) is 0 Å². The Bertz CT molecular complexity index is 1100. The molecule has 0 atom stereocenters. The lowest BCUT2D eigenvalue weighted by Gasteiger charge is -2.22. The van der Waals surface area contributed by atoms with Gasteiger partial charge in [-0.25, -0.2) is 8.42 Å². The predicted molar refractivity (Wildman–Crippen MR) is 128 cm³/mol. The fourth-order valence-corrected chi connectivity index (χ4v) is 5.14. The minimum atomic E-state index is -3.82. The van der Waals surface area contributed by atoms with Gasteiger partial charge in [0.2, 0.25) is 15.9 Å². The number of carbonyl (C=O) groups is 1. The van der Waals surface area contributed by atoms with Gasteiger partial charge in [-0.3, -0.25) is 9.79 Å². The summed E-state index contributed by atoms with van der Waals surface area (Å²) >= 11 is 12.0. The molecule has 1 amide bonds. The zero-order valence-electron chi connectivity index (χ0n) is 18.0. The summed E-state index contributed by atoms with van der Waals surface area (Å²) < 4.78 is 26.7. The lowest BCUT2D eigenvalue weighted by atomic mass is 10.1. The molecule has 0 aliphatic carbocycles. The van der Waals surface area contributed by atoms with Gasteiger partial charge in [0, 0.05) is 45.7 Å². The molecule has 10 heteroatoms. The highest BCUT2D eigenvalue weighted by atomic mass is 35.5. The highest BCUT2D eigenvalue weighted by Gasteiger charge is 2.25. The van der Waals surface area contributed by atoms with Crippen LogP contribution in [-0.4, -0.2) is 69.6 Å². The Labute approximate surface area is 199 Å². The average molecular weight is 497 g/mol. The molecule has 0 unspecified atom stereocenters. The Morgan fingerprint density at radius 2 is 1.81 bits per heavy atom. The molecular formula is C22H26Cl2N4O3S. The van der Waals surface area contributed by atoms with E-state index in [1.165, 1.54) is 34.5 Å². The molecule has 3 rings (SSSR count). The standard InChI is InChI=1S/C22H26Cl2N4O3S/c1-27(14-15-28(2)32(30,31)19-5-3-4-18(23)21(19)24)20(29)11-8-16-6-9-17(10-7-16)22-25-12-13-26-22/h3-7,9-10H,8,11-15H2,1-2H3,(H,25,26). The molecule has 2 aromatic carbocycles. The Balaban J connectivity index is 1.50. The Morgan fingerprint density at radius 3 is 2.47 bits per heavy atom. The van der Waals surface area contributed by atoms with Crippen molar-refractivity contribution in [1.29, 1.82) is 0 Å². The number of rotatable bonds is 9. The highest BCUT2D eigenvalue weighted by molar-refractivity contribution is 7.89. The van der Waals surface area contributed by atoms with Gasteiger partial charge in [0.05, 0.1) is 16.6 Å². The first-order valence-electron chi connectivity index (χ1n) is 10.2. The molecule has 1 heterocycles. The number of sulfonamides is 1. The molecule has 7 nitrogen and oxygen atoms in total. The molecule has 0 spiro atoms. The molecule has 0 saturated carbocycles. The summed E-state index contributed by atoms with van der Waals surface area (Å²) in [6.07, 6.45) is 0.946. The number of hydrogen-bond acceptors (Lipinski definition) is 5. The number of nitrogens with one attached hydrogen (secondary N) is 1. The quantitative estimate of drug-likeness (QED) is 0.578. The third-order valence-corrected chi connectivity index (χ3v) is 8.14. The molecule has 172 valence electrons. The molecular weight excluding hydrogens is 471 g/mol.